The predicted octanol–water partition coefficient (Wildman–Crippen LogP) is 3.59. The summed E-state index contributed by atoms with van der Waals surface area (Å²) in [5.74, 6) is -0.244. The number of amides is 3. The third kappa shape index (κ3) is 4.75. The number of hydrogen-bond acceptors (Lipinski definition) is 2. The van der Waals surface area contributed by atoms with Crippen LogP contribution in [0.5, 0.6) is 0 Å². The van der Waals surface area contributed by atoms with Gasteiger partial charge in [0, 0.05) is 21.9 Å². The first kappa shape index (κ1) is 15.8. The molecule has 0 atom stereocenters. The molecule has 0 aliphatic heterocycles. The van der Waals surface area contributed by atoms with Gasteiger partial charge in [-0.15, -0.1) is 0 Å². The molecule has 0 spiro atoms. The fourth-order valence-corrected chi connectivity index (χ4v) is 2.16. The topological polar surface area (TPSA) is 84.2 Å². The van der Waals surface area contributed by atoms with Gasteiger partial charge in [-0.05, 0) is 42.0 Å². The maximum absolute atomic E-state index is 11.9. The molecule has 0 heterocycles. The van der Waals surface area contributed by atoms with E-state index >= 15 is 0 Å². The number of hydrogen-bond donors (Lipinski definition) is 3. The molecule has 112 valence electrons. The highest BCUT2D eigenvalue weighted by molar-refractivity contribution is 9.10. The lowest BCUT2D eigenvalue weighted by atomic mass is 10.2. The van der Waals surface area contributed by atoms with E-state index in [9.17, 15) is 9.59 Å². The van der Waals surface area contributed by atoms with Crippen LogP contribution in [0.2, 0.25) is 0 Å². The molecule has 0 saturated heterocycles. The van der Waals surface area contributed by atoms with Gasteiger partial charge in [0.2, 0.25) is 5.91 Å². The maximum atomic E-state index is 11.9. The summed E-state index contributed by atoms with van der Waals surface area (Å²) in [6.07, 6.45) is 3.18. The highest BCUT2D eigenvalue weighted by atomic mass is 79.9. The van der Waals surface area contributed by atoms with E-state index in [0.29, 0.717) is 11.4 Å². The van der Waals surface area contributed by atoms with E-state index in [-0.39, 0.29) is 5.91 Å². The Balaban J connectivity index is 1.97. The minimum absolute atomic E-state index is 0.244. The molecule has 2 rings (SSSR count). The molecule has 5 nitrogen and oxygen atoms in total. The van der Waals surface area contributed by atoms with Gasteiger partial charge >= 0.3 is 6.03 Å². The Morgan fingerprint density at radius 2 is 1.55 bits per heavy atom. The van der Waals surface area contributed by atoms with Crippen molar-refractivity contribution in [3.05, 3.63) is 64.6 Å². The van der Waals surface area contributed by atoms with E-state index in [1.165, 1.54) is 6.08 Å². The van der Waals surface area contributed by atoms with E-state index in [2.05, 4.69) is 26.6 Å². The third-order valence-electron chi connectivity index (χ3n) is 2.74. The number of carbonyl (C=O) groups excluding carboxylic acids is 2. The minimum Gasteiger partial charge on any atom is -0.351 e. The highest BCUT2D eigenvalue weighted by Gasteiger charge is 2.00. The Morgan fingerprint density at radius 3 is 2.14 bits per heavy atom. The number of primary amides is 1. The van der Waals surface area contributed by atoms with E-state index in [0.717, 1.165) is 10.0 Å². The Morgan fingerprint density at radius 1 is 0.955 bits per heavy atom. The van der Waals surface area contributed by atoms with Gasteiger partial charge in [-0.25, -0.2) is 4.79 Å². The van der Waals surface area contributed by atoms with Crippen molar-refractivity contribution in [3.63, 3.8) is 0 Å². The zero-order valence-corrected chi connectivity index (χ0v) is 13.1. The van der Waals surface area contributed by atoms with E-state index in [4.69, 9.17) is 5.73 Å². The Labute approximate surface area is 136 Å². The first-order chi connectivity index (χ1) is 10.5. The lowest BCUT2D eigenvalue weighted by Crippen LogP contribution is -2.19. The monoisotopic (exact) mass is 359 g/mol. The average Bonchev–Trinajstić information content (AvgIpc) is 2.48. The predicted molar refractivity (Wildman–Crippen MR) is 91.5 cm³/mol. The lowest BCUT2D eigenvalue weighted by molar-refractivity contribution is -0.111. The molecule has 4 N–H and O–H groups in total. The molecule has 0 fully saturated rings. The molecule has 0 saturated carbocycles. The Hall–Kier alpha value is -2.60. The molecule has 0 bridgehead atoms. The average molecular weight is 360 g/mol. The van der Waals surface area contributed by atoms with Crippen molar-refractivity contribution in [2.75, 3.05) is 10.6 Å². The van der Waals surface area contributed by atoms with Crippen LogP contribution in [0.4, 0.5) is 16.2 Å². The maximum Gasteiger partial charge on any atom is 0.316 e. The Kier molecular flexibility index (Phi) is 5.32. The summed E-state index contributed by atoms with van der Waals surface area (Å²) in [4.78, 5) is 22.6. The number of nitrogens with one attached hydrogen (secondary N) is 2. The van der Waals surface area contributed by atoms with Crippen molar-refractivity contribution >= 4 is 45.3 Å². The number of benzene rings is 2. The van der Waals surface area contributed by atoms with Crippen LogP contribution in [0.3, 0.4) is 0 Å². The number of urea groups is 1. The summed E-state index contributed by atoms with van der Waals surface area (Å²) in [6, 6.07) is 13.6. The van der Waals surface area contributed by atoms with Crippen LogP contribution in [0.25, 0.3) is 6.08 Å². The second kappa shape index (κ2) is 7.42. The van der Waals surface area contributed by atoms with Crippen molar-refractivity contribution in [1.29, 1.82) is 0 Å². The number of rotatable bonds is 4. The lowest BCUT2D eigenvalue weighted by Gasteiger charge is -2.05. The van der Waals surface area contributed by atoms with E-state index in [1.54, 1.807) is 30.3 Å². The molecular formula is C16H14BrN3O2. The first-order valence-electron chi connectivity index (χ1n) is 6.45. The zero-order valence-electron chi connectivity index (χ0n) is 11.5. The van der Waals surface area contributed by atoms with Gasteiger partial charge in [0.25, 0.3) is 0 Å². The second-order valence-corrected chi connectivity index (χ2v) is 5.27. The van der Waals surface area contributed by atoms with Crippen molar-refractivity contribution in [3.8, 4) is 0 Å². The smallest absolute Gasteiger partial charge is 0.316 e. The fourth-order valence-electron chi connectivity index (χ4n) is 1.74. The van der Waals surface area contributed by atoms with Crippen molar-refractivity contribution in [1.82, 2.24) is 0 Å². The van der Waals surface area contributed by atoms with Gasteiger partial charge in [0.05, 0.1) is 0 Å². The highest BCUT2D eigenvalue weighted by Crippen LogP contribution is 2.17. The molecule has 0 radical (unpaired) electrons. The number of anilines is 2. The van der Waals surface area contributed by atoms with Crippen LogP contribution in [-0.2, 0) is 4.79 Å². The number of halogens is 1. The molecule has 6 heteroatoms. The first-order valence-corrected chi connectivity index (χ1v) is 7.24. The van der Waals surface area contributed by atoms with Crippen LogP contribution in [0.1, 0.15) is 5.56 Å². The fraction of sp³-hybridized carbons (Fsp3) is 0. The summed E-state index contributed by atoms with van der Waals surface area (Å²) < 4.78 is 0.918. The van der Waals surface area contributed by atoms with Gasteiger partial charge in [-0.3, -0.25) is 4.79 Å². The molecule has 2 aromatic carbocycles. The molecule has 0 aromatic heterocycles. The van der Waals surface area contributed by atoms with Gasteiger partial charge in [0.15, 0.2) is 0 Å². The third-order valence-corrected chi connectivity index (χ3v) is 3.46. The number of carbonyl (C=O) groups is 2. The quantitative estimate of drug-likeness (QED) is 0.728. The normalized spacial score (nSPS) is 10.4. The van der Waals surface area contributed by atoms with Crippen LogP contribution in [-0.4, -0.2) is 11.9 Å². The molecule has 3 amide bonds. The molecule has 0 aliphatic rings. The van der Waals surface area contributed by atoms with Crippen molar-refractivity contribution < 1.29 is 9.59 Å². The van der Waals surface area contributed by atoms with Crippen LogP contribution < -0.4 is 16.4 Å². The molecule has 2 aromatic rings. The van der Waals surface area contributed by atoms with Crippen molar-refractivity contribution in [2.24, 2.45) is 5.73 Å². The van der Waals surface area contributed by atoms with Crippen LogP contribution in [0.15, 0.2) is 59.1 Å². The minimum atomic E-state index is -0.631. The summed E-state index contributed by atoms with van der Waals surface area (Å²) >= 11 is 3.41. The summed E-state index contributed by atoms with van der Waals surface area (Å²) in [5, 5.41) is 5.17. The summed E-state index contributed by atoms with van der Waals surface area (Å²) in [5.41, 5.74) is 7.12. The molecular weight excluding hydrogens is 346 g/mol. The Bertz CT molecular complexity index is 712. The molecule has 22 heavy (non-hydrogen) atoms. The molecule has 0 aliphatic carbocycles. The van der Waals surface area contributed by atoms with E-state index in [1.807, 2.05) is 24.3 Å². The van der Waals surface area contributed by atoms with Gasteiger partial charge in [0.1, 0.15) is 0 Å². The summed E-state index contributed by atoms with van der Waals surface area (Å²) in [7, 11) is 0. The van der Waals surface area contributed by atoms with Gasteiger partial charge in [-0.2, -0.15) is 0 Å². The van der Waals surface area contributed by atoms with E-state index < -0.39 is 6.03 Å². The second-order valence-electron chi connectivity index (χ2n) is 4.41. The van der Waals surface area contributed by atoms with Gasteiger partial charge in [-0.1, -0.05) is 34.1 Å². The van der Waals surface area contributed by atoms with Crippen molar-refractivity contribution in [2.45, 2.75) is 0 Å². The molecule has 0 unspecified atom stereocenters. The largest absolute Gasteiger partial charge is 0.351 e. The van der Waals surface area contributed by atoms with Crippen LogP contribution >= 0.6 is 15.9 Å². The summed E-state index contributed by atoms with van der Waals surface area (Å²) in [6.45, 7) is 0. The standard InChI is InChI=1S/C16H14BrN3O2/c17-14-4-2-1-3-11(14)5-10-15(21)19-12-6-8-13(9-7-12)20-16(18)22/h1-10H,(H,19,21)(H3,18,20,22)/b10-5+. The van der Waals surface area contributed by atoms with Gasteiger partial charge < -0.3 is 16.4 Å². The van der Waals surface area contributed by atoms with Crippen LogP contribution in [0, 0.1) is 0 Å². The zero-order chi connectivity index (χ0) is 15.9. The number of nitrogens with two attached hydrogens (primary N) is 1. The SMILES string of the molecule is NC(=O)Nc1ccc(NC(=O)/C=C/c2ccccc2Br)cc1.